The van der Waals surface area contributed by atoms with Crippen LogP contribution in [-0.4, -0.2) is 33.0 Å². The molecule has 0 spiro atoms. The minimum absolute atomic E-state index is 0.0581. The maximum absolute atomic E-state index is 14.8. The third-order valence-corrected chi connectivity index (χ3v) is 7.94. The molecule has 2 aromatic carbocycles. The zero-order valence-electron chi connectivity index (χ0n) is 22.2. The van der Waals surface area contributed by atoms with Gasteiger partial charge in [-0.05, 0) is 61.1 Å². The van der Waals surface area contributed by atoms with Crippen molar-refractivity contribution in [2.24, 2.45) is 11.8 Å². The number of rotatable bonds is 9. The Bertz CT molecular complexity index is 1630. The molecule has 0 saturated heterocycles. The molecule has 1 N–H and O–H groups in total. The molecule has 1 saturated carbocycles. The molecular weight excluding hydrogens is 552 g/mol. The topological polar surface area (TPSA) is 77.2 Å². The van der Waals surface area contributed by atoms with E-state index >= 15 is 0 Å². The van der Waals surface area contributed by atoms with Crippen LogP contribution >= 0.6 is 23.4 Å². The van der Waals surface area contributed by atoms with Gasteiger partial charge in [-0.15, -0.1) is 11.3 Å². The first-order chi connectivity index (χ1) is 19.2. The van der Waals surface area contributed by atoms with Crippen molar-refractivity contribution in [2.75, 3.05) is 7.11 Å². The van der Waals surface area contributed by atoms with Crippen LogP contribution in [0.1, 0.15) is 59.6 Å². The summed E-state index contributed by atoms with van der Waals surface area (Å²) in [6.07, 6.45) is 3.25. The molecule has 0 aliphatic heterocycles. The predicted molar refractivity (Wildman–Crippen MR) is 152 cm³/mol. The van der Waals surface area contributed by atoms with E-state index in [0.29, 0.717) is 40.0 Å². The van der Waals surface area contributed by atoms with E-state index in [1.54, 1.807) is 22.9 Å². The number of carbonyl (C=O) groups is 1. The third kappa shape index (κ3) is 6.28. The quantitative estimate of drug-likeness (QED) is 0.167. The fraction of sp³-hybridized carbons (Fsp3) is 0.300. The normalized spacial score (nSPS) is 12.9. The fourth-order valence-corrected chi connectivity index (χ4v) is 5.55. The maximum atomic E-state index is 14.8. The van der Waals surface area contributed by atoms with Gasteiger partial charge >= 0.3 is 5.97 Å². The average Bonchev–Trinajstić information content (AvgIpc) is 3.47. The number of carboxylic acids is 1. The summed E-state index contributed by atoms with van der Waals surface area (Å²) in [6, 6.07) is 9.75. The van der Waals surface area contributed by atoms with Gasteiger partial charge in [0.15, 0.2) is 5.69 Å². The van der Waals surface area contributed by atoms with Gasteiger partial charge in [0.05, 0.1) is 29.0 Å². The fourth-order valence-electron chi connectivity index (χ4n) is 4.33. The second-order valence-electron chi connectivity index (χ2n) is 9.96. The molecule has 1 fully saturated rings. The number of hydrogen-bond donors (Lipinski definition) is 1. The standard InChI is InChI=1S/C30H27F2N3O3S2/c1-17(2)4-8-20-15-21(9-10-23(20)31)28-22(12-19-7-11-27(40-38-3)24(32)13-19)26(14-18-5-6-18)35(34-28)30-33-25(16-39-30)29(36)37/h7,9-11,13,15-18H,5-6,12,14H2,1-3H3,(H,36,37). The van der Waals surface area contributed by atoms with Gasteiger partial charge in [0.2, 0.25) is 5.13 Å². The largest absolute Gasteiger partial charge is 0.476 e. The summed E-state index contributed by atoms with van der Waals surface area (Å²) in [5, 5.41) is 16.3. The van der Waals surface area contributed by atoms with Gasteiger partial charge < -0.3 is 9.29 Å². The minimum atomic E-state index is -1.12. The van der Waals surface area contributed by atoms with E-state index in [1.165, 1.54) is 36.0 Å². The number of aromatic nitrogens is 3. The summed E-state index contributed by atoms with van der Waals surface area (Å²) in [4.78, 5) is 16.3. The highest BCUT2D eigenvalue weighted by molar-refractivity contribution is 7.94. The van der Waals surface area contributed by atoms with Crippen LogP contribution in [0.2, 0.25) is 0 Å². The molecule has 40 heavy (non-hydrogen) atoms. The van der Waals surface area contributed by atoms with Crippen molar-refractivity contribution in [3.8, 4) is 28.2 Å². The molecule has 0 atom stereocenters. The highest BCUT2D eigenvalue weighted by Crippen LogP contribution is 2.38. The zero-order chi connectivity index (χ0) is 28.4. The lowest BCUT2D eigenvalue weighted by atomic mass is 9.96. The van der Waals surface area contributed by atoms with Gasteiger partial charge in [-0.25, -0.2) is 23.2 Å². The summed E-state index contributed by atoms with van der Waals surface area (Å²) in [6.45, 7) is 3.88. The molecule has 206 valence electrons. The van der Waals surface area contributed by atoms with Gasteiger partial charge in [0, 0.05) is 40.9 Å². The molecule has 0 unspecified atom stereocenters. The van der Waals surface area contributed by atoms with E-state index in [-0.39, 0.29) is 23.0 Å². The van der Waals surface area contributed by atoms with Crippen LogP contribution in [0.25, 0.3) is 16.4 Å². The van der Waals surface area contributed by atoms with E-state index in [9.17, 15) is 18.7 Å². The molecule has 1 aliphatic rings. The smallest absolute Gasteiger partial charge is 0.355 e. The van der Waals surface area contributed by atoms with Gasteiger partial charge in [0.1, 0.15) is 11.6 Å². The van der Waals surface area contributed by atoms with Crippen LogP contribution in [0.4, 0.5) is 8.78 Å². The number of nitrogens with zero attached hydrogens (tertiary/aromatic N) is 3. The second kappa shape index (κ2) is 11.9. The highest BCUT2D eigenvalue weighted by atomic mass is 32.2. The number of carboxylic acid groups (broad SMARTS) is 1. The van der Waals surface area contributed by atoms with E-state index < -0.39 is 11.8 Å². The molecule has 1 aliphatic carbocycles. The van der Waals surface area contributed by atoms with Crippen LogP contribution in [0, 0.1) is 35.3 Å². The molecule has 0 bridgehead atoms. The lowest BCUT2D eigenvalue weighted by Gasteiger charge is -2.10. The minimum Gasteiger partial charge on any atom is -0.476 e. The second-order valence-corrected chi connectivity index (χ2v) is 11.7. The van der Waals surface area contributed by atoms with Gasteiger partial charge in [-0.2, -0.15) is 5.10 Å². The Morgan fingerprint density at radius 3 is 2.67 bits per heavy atom. The van der Waals surface area contributed by atoms with Crippen LogP contribution < -0.4 is 0 Å². The SMILES string of the molecule is COSc1ccc(Cc2c(-c3ccc(F)c(C#CC(C)C)c3)nn(-c3nc(C(=O)O)cs3)c2CC2CC2)cc1F. The van der Waals surface area contributed by atoms with Crippen molar-refractivity contribution < 1.29 is 22.9 Å². The molecule has 2 heterocycles. The van der Waals surface area contributed by atoms with Crippen molar-refractivity contribution in [2.45, 2.75) is 44.4 Å². The molecule has 5 rings (SSSR count). The molecule has 6 nitrogen and oxygen atoms in total. The van der Waals surface area contributed by atoms with E-state index in [1.807, 2.05) is 19.9 Å². The maximum Gasteiger partial charge on any atom is 0.355 e. The Morgan fingerprint density at radius 2 is 2.02 bits per heavy atom. The Morgan fingerprint density at radius 1 is 1.23 bits per heavy atom. The summed E-state index contributed by atoms with van der Waals surface area (Å²) in [7, 11) is 1.49. The van der Waals surface area contributed by atoms with Crippen molar-refractivity contribution >= 4 is 29.3 Å². The number of benzene rings is 2. The van der Waals surface area contributed by atoms with Crippen LogP contribution in [0.15, 0.2) is 46.7 Å². The summed E-state index contributed by atoms with van der Waals surface area (Å²) < 4.78 is 36.2. The van der Waals surface area contributed by atoms with Crippen LogP contribution in [0.3, 0.4) is 0 Å². The summed E-state index contributed by atoms with van der Waals surface area (Å²) >= 11 is 2.15. The first-order valence-electron chi connectivity index (χ1n) is 12.8. The average molecular weight is 580 g/mol. The van der Waals surface area contributed by atoms with Crippen LogP contribution in [0.5, 0.6) is 0 Å². The van der Waals surface area contributed by atoms with Gasteiger partial charge in [-0.1, -0.05) is 31.8 Å². The van der Waals surface area contributed by atoms with Gasteiger partial charge in [0.25, 0.3) is 0 Å². The first kappa shape index (κ1) is 28.0. The van der Waals surface area contributed by atoms with Crippen molar-refractivity contribution in [1.29, 1.82) is 0 Å². The van der Waals surface area contributed by atoms with Crippen molar-refractivity contribution in [3.63, 3.8) is 0 Å². The Labute approximate surface area is 239 Å². The van der Waals surface area contributed by atoms with E-state index in [4.69, 9.17) is 9.28 Å². The van der Waals surface area contributed by atoms with Crippen molar-refractivity contribution in [3.05, 3.63) is 81.5 Å². The zero-order valence-corrected chi connectivity index (χ0v) is 23.8. The van der Waals surface area contributed by atoms with Crippen molar-refractivity contribution in [1.82, 2.24) is 14.8 Å². The lowest BCUT2D eigenvalue weighted by molar-refractivity contribution is 0.0691. The highest BCUT2D eigenvalue weighted by Gasteiger charge is 2.29. The Kier molecular flexibility index (Phi) is 8.35. The summed E-state index contributed by atoms with van der Waals surface area (Å²) in [5.74, 6) is 4.57. The number of hydrogen-bond acceptors (Lipinski definition) is 6. The van der Waals surface area contributed by atoms with E-state index in [2.05, 4.69) is 16.8 Å². The molecule has 0 amide bonds. The molecule has 0 radical (unpaired) electrons. The number of halogens is 2. The predicted octanol–water partition coefficient (Wildman–Crippen LogP) is 7.18. The third-order valence-electron chi connectivity index (χ3n) is 6.45. The first-order valence-corrected chi connectivity index (χ1v) is 14.5. The van der Waals surface area contributed by atoms with Gasteiger partial charge in [-0.3, -0.25) is 0 Å². The van der Waals surface area contributed by atoms with E-state index in [0.717, 1.165) is 41.7 Å². The lowest BCUT2D eigenvalue weighted by Crippen LogP contribution is -2.06. The molecule has 4 aromatic rings. The number of aromatic carboxylic acids is 1. The Hall–Kier alpha value is -3.52. The molecular formula is C30H27F2N3O3S2. The Balaban J connectivity index is 1.68. The molecule has 10 heteroatoms. The summed E-state index contributed by atoms with van der Waals surface area (Å²) in [5.41, 5.74) is 3.97. The van der Waals surface area contributed by atoms with Crippen LogP contribution in [-0.2, 0) is 17.0 Å². The monoisotopic (exact) mass is 579 g/mol. The number of thiazole rings is 1. The molecule has 2 aromatic heterocycles.